The summed E-state index contributed by atoms with van der Waals surface area (Å²) in [5.74, 6) is 0.763. The number of benzene rings is 1. The number of carbonyl (C=O) groups excluding carboxylic acids is 1. The molecule has 0 fully saturated rings. The number of carbonyl (C=O) groups is 1. The molecule has 0 aliphatic heterocycles. The van der Waals surface area contributed by atoms with Crippen molar-refractivity contribution in [3.63, 3.8) is 0 Å². The van der Waals surface area contributed by atoms with Crippen molar-refractivity contribution in [3.8, 4) is 16.2 Å². The molecular weight excluding hydrogens is 296 g/mol. The van der Waals surface area contributed by atoms with E-state index in [4.69, 9.17) is 10.5 Å². The summed E-state index contributed by atoms with van der Waals surface area (Å²) in [5.41, 5.74) is 6.94. The van der Waals surface area contributed by atoms with E-state index < -0.39 is 6.04 Å². The average Bonchev–Trinajstić information content (AvgIpc) is 3.02. The summed E-state index contributed by atoms with van der Waals surface area (Å²) in [7, 11) is 1.66. The molecular formula is C17H22N2O2S. The fraction of sp³-hybridized carbons (Fsp3) is 0.353. The van der Waals surface area contributed by atoms with Gasteiger partial charge in [0.15, 0.2) is 0 Å². The third-order valence-electron chi connectivity index (χ3n) is 3.41. The summed E-state index contributed by atoms with van der Waals surface area (Å²) in [4.78, 5) is 14.1. The number of methoxy groups -OCH3 is 1. The summed E-state index contributed by atoms with van der Waals surface area (Å²) in [6.07, 6.45) is 1.63. The maximum Gasteiger partial charge on any atom is 0.237 e. The Morgan fingerprint density at radius 2 is 2.00 bits per heavy atom. The molecule has 0 aliphatic rings. The zero-order valence-corrected chi connectivity index (χ0v) is 13.8. The SMILES string of the molecule is CCCC(N)C(=O)NCc1ccc(-c2ccc(OC)cc2)s1. The highest BCUT2D eigenvalue weighted by atomic mass is 32.1. The zero-order chi connectivity index (χ0) is 15.9. The quantitative estimate of drug-likeness (QED) is 0.824. The van der Waals surface area contributed by atoms with Gasteiger partial charge in [-0.15, -0.1) is 11.3 Å². The first kappa shape index (κ1) is 16.5. The van der Waals surface area contributed by atoms with Crippen molar-refractivity contribution in [1.29, 1.82) is 0 Å². The number of nitrogens with two attached hydrogens (primary N) is 1. The van der Waals surface area contributed by atoms with Crippen molar-refractivity contribution >= 4 is 17.2 Å². The lowest BCUT2D eigenvalue weighted by Crippen LogP contribution is -2.39. The van der Waals surface area contributed by atoms with Crippen LogP contribution in [0.3, 0.4) is 0 Å². The second kappa shape index (κ2) is 7.96. The molecule has 0 spiro atoms. The van der Waals surface area contributed by atoms with Crippen molar-refractivity contribution in [2.24, 2.45) is 5.73 Å². The maximum atomic E-state index is 11.8. The Morgan fingerprint density at radius 3 is 2.64 bits per heavy atom. The van der Waals surface area contributed by atoms with Gasteiger partial charge in [-0.25, -0.2) is 0 Å². The van der Waals surface area contributed by atoms with Crippen LogP contribution in [-0.4, -0.2) is 19.1 Å². The van der Waals surface area contributed by atoms with Gasteiger partial charge < -0.3 is 15.8 Å². The predicted octanol–water partition coefficient (Wildman–Crippen LogP) is 3.17. The first-order valence-electron chi connectivity index (χ1n) is 7.40. The molecule has 0 aliphatic carbocycles. The number of nitrogens with one attached hydrogen (secondary N) is 1. The Balaban J connectivity index is 1.95. The summed E-state index contributed by atoms with van der Waals surface area (Å²) in [5, 5.41) is 2.89. The Morgan fingerprint density at radius 1 is 1.27 bits per heavy atom. The molecule has 1 unspecified atom stereocenters. The van der Waals surface area contributed by atoms with Crippen molar-refractivity contribution in [1.82, 2.24) is 5.32 Å². The van der Waals surface area contributed by atoms with Crippen LogP contribution in [0, 0.1) is 0 Å². The third-order valence-corrected chi connectivity index (χ3v) is 4.54. The average molecular weight is 318 g/mol. The van der Waals surface area contributed by atoms with E-state index in [1.165, 1.54) is 4.88 Å². The van der Waals surface area contributed by atoms with E-state index in [9.17, 15) is 4.79 Å². The van der Waals surface area contributed by atoms with Gasteiger partial charge in [-0.05, 0) is 48.4 Å². The summed E-state index contributed by atoms with van der Waals surface area (Å²) in [6, 6.07) is 11.6. The van der Waals surface area contributed by atoms with E-state index >= 15 is 0 Å². The van der Waals surface area contributed by atoms with Crippen LogP contribution < -0.4 is 15.8 Å². The second-order valence-corrected chi connectivity index (χ2v) is 6.28. The molecule has 0 saturated heterocycles. The molecule has 0 saturated carbocycles. The van der Waals surface area contributed by atoms with Crippen LogP contribution in [0.15, 0.2) is 36.4 Å². The number of hydrogen-bond acceptors (Lipinski definition) is 4. The van der Waals surface area contributed by atoms with Gasteiger partial charge in [-0.2, -0.15) is 0 Å². The summed E-state index contributed by atoms with van der Waals surface area (Å²) >= 11 is 1.67. The highest BCUT2D eigenvalue weighted by molar-refractivity contribution is 7.15. The Bertz CT molecular complexity index is 607. The molecule has 2 rings (SSSR count). The van der Waals surface area contributed by atoms with Crippen LogP contribution in [0.1, 0.15) is 24.6 Å². The number of hydrogen-bond donors (Lipinski definition) is 2. The maximum absolute atomic E-state index is 11.8. The van der Waals surface area contributed by atoms with Crippen molar-refractivity contribution in [2.75, 3.05) is 7.11 Å². The molecule has 4 nitrogen and oxygen atoms in total. The number of ether oxygens (including phenoxy) is 1. The molecule has 22 heavy (non-hydrogen) atoms. The van der Waals surface area contributed by atoms with Gasteiger partial charge >= 0.3 is 0 Å². The smallest absolute Gasteiger partial charge is 0.237 e. The molecule has 1 aromatic heterocycles. The molecule has 0 radical (unpaired) electrons. The molecule has 0 bridgehead atoms. The van der Waals surface area contributed by atoms with Crippen LogP contribution in [-0.2, 0) is 11.3 Å². The monoisotopic (exact) mass is 318 g/mol. The topological polar surface area (TPSA) is 64.4 Å². The van der Waals surface area contributed by atoms with Crippen LogP contribution in [0.2, 0.25) is 0 Å². The largest absolute Gasteiger partial charge is 0.497 e. The van der Waals surface area contributed by atoms with E-state index in [0.29, 0.717) is 13.0 Å². The molecule has 2 aromatic rings. The van der Waals surface area contributed by atoms with Crippen LogP contribution in [0.25, 0.3) is 10.4 Å². The first-order valence-corrected chi connectivity index (χ1v) is 8.22. The van der Waals surface area contributed by atoms with E-state index in [2.05, 4.69) is 11.4 Å². The molecule has 1 heterocycles. The Labute approximate surface area is 135 Å². The highest BCUT2D eigenvalue weighted by Crippen LogP contribution is 2.29. The minimum atomic E-state index is -0.411. The van der Waals surface area contributed by atoms with Gasteiger partial charge in [0.25, 0.3) is 0 Å². The van der Waals surface area contributed by atoms with Gasteiger partial charge in [-0.3, -0.25) is 4.79 Å². The second-order valence-electron chi connectivity index (χ2n) is 5.11. The van der Waals surface area contributed by atoms with Crippen molar-refractivity contribution in [3.05, 3.63) is 41.3 Å². The van der Waals surface area contributed by atoms with Crippen LogP contribution in [0.5, 0.6) is 5.75 Å². The van der Waals surface area contributed by atoms with E-state index in [0.717, 1.165) is 22.6 Å². The minimum absolute atomic E-state index is 0.0822. The zero-order valence-electron chi connectivity index (χ0n) is 13.0. The third kappa shape index (κ3) is 4.32. The standard InChI is InChI=1S/C17H22N2O2S/c1-3-4-15(18)17(20)19-11-14-9-10-16(22-14)12-5-7-13(21-2)8-6-12/h5-10,15H,3-4,11,18H2,1-2H3,(H,19,20). The molecule has 3 N–H and O–H groups in total. The molecule has 1 amide bonds. The summed E-state index contributed by atoms with van der Waals surface area (Å²) < 4.78 is 5.16. The van der Waals surface area contributed by atoms with Gasteiger partial charge in [0.05, 0.1) is 19.7 Å². The lowest BCUT2D eigenvalue weighted by molar-refractivity contribution is -0.122. The Kier molecular flexibility index (Phi) is 5.98. The van der Waals surface area contributed by atoms with Gasteiger partial charge in [-0.1, -0.05) is 13.3 Å². The van der Waals surface area contributed by atoms with Crippen molar-refractivity contribution in [2.45, 2.75) is 32.4 Å². The van der Waals surface area contributed by atoms with E-state index in [-0.39, 0.29) is 5.91 Å². The first-order chi connectivity index (χ1) is 10.6. The van der Waals surface area contributed by atoms with E-state index in [1.54, 1.807) is 18.4 Å². The highest BCUT2D eigenvalue weighted by Gasteiger charge is 2.12. The number of amides is 1. The number of thiophene rings is 1. The van der Waals surface area contributed by atoms with Gasteiger partial charge in [0, 0.05) is 9.75 Å². The lowest BCUT2D eigenvalue weighted by atomic mass is 10.1. The lowest BCUT2D eigenvalue weighted by Gasteiger charge is -2.10. The predicted molar refractivity (Wildman–Crippen MR) is 91.0 cm³/mol. The molecule has 118 valence electrons. The van der Waals surface area contributed by atoms with Crippen molar-refractivity contribution < 1.29 is 9.53 Å². The van der Waals surface area contributed by atoms with Gasteiger partial charge in [0.2, 0.25) is 5.91 Å². The Hall–Kier alpha value is -1.85. The molecule has 1 atom stereocenters. The fourth-order valence-corrected chi connectivity index (χ4v) is 3.08. The fourth-order valence-electron chi connectivity index (χ4n) is 2.13. The summed E-state index contributed by atoms with van der Waals surface area (Å²) in [6.45, 7) is 2.55. The van der Waals surface area contributed by atoms with Crippen LogP contribution in [0.4, 0.5) is 0 Å². The molecule has 5 heteroatoms. The number of rotatable bonds is 7. The minimum Gasteiger partial charge on any atom is -0.497 e. The van der Waals surface area contributed by atoms with Gasteiger partial charge in [0.1, 0.15) is 5.75 Å². The normalized spacial score (nSPS) is 12.0. The molecule has 1 aromatic carbocycles. The van der Waals surface area contributed by atoms with Crippen LogP contribution >= 0.6 is 11.3 Å². The van der Waals surface area contributed by atoms with E-state index in [1.807, 2.05) is 37.3 Å².